The first kappa shape index (κ1) is 26.6. The van der Waals surface area contributed by atoms with Crippen LogP contribution < -0.4 is 16.2 Å². The summed E-state index contributed by atoms with van der Waals surface area (Å²) in [6.07, 6.45) is 6.38. The molecule has 0 radical (unpaired) electrons. The molecule has 0 spiro atoms. The van der Waals surface area contributed by atoms with Crippen LogP contribution in [-0.4, -0.2) is 39.5 Å². The predicted molar refractivity (Wildman–Crippen MR) is 130 cm³/mol. The SMILES string of the molecule is Cn1nccc1Nc1nccc(=O)[nH]1.Cn1nccc1Nc1nccc(Cl)n1.O=P(Cl)(Cl)Cl. The highest BCUT2D eigenvalue weighted by Gasteiger charge is 2.03. The topological polar surface area (TPSA) is 148 Å². The van der Waals surface area contributed by atoms with E-state index in [2.05, 4.69) is 74.5 Å². The number of aromatic nitrogens is 8. The van der Waals surface area contributed by atoms with Crippen LogP contribution in [0.4, 0.5) is 23.5 Å². The number of hydrogen-bond acceptors (Lipinski definition) is 9. The number of nitrogens with one attached hydrogen (secondary N) is 3. The van der Waals surface area contributed by atoms with Crippen LogP contribution in [0.2, 0.25) is 5.15 Å². The fourth-order valence-corrected chi connectivity index (χ4v) is 2.20. The number of H-pyrrole nitrogens is 1. The van der Waals surface area contributed by atoms with Crippen LogP contribution in [0.15, 0.2) is 53.8 Å². The van der Waals surface area contributed by atoms with Gasteiger partial charge in [0.2, 0.25) is 11.9 Å². The van der Waals surface area contributed by atoms with Gasteiger partial charge in [-0.3, -0.25) is 23.7 Å². The second-order valence-corrected chi connectivity index (χ2v) is 12.8. The van der Waals surface area contributed by atoms with Crippen LogP contribution in [0.5, 0.6) is 0 Å². The van der Waals surface area contributed by atoms with Gasteiger partial charge in [-0.15, -0.1) is 0 Å². The molecule has 4 heterocycles. The molecule has 0 aliphatic carbocycles. The lowest BCUT2D eigenvalue weighted by atomic mass is 10.6. The Bertz CT molecular complexity index is 1260. The van der Waals surface area contributed by atoms with Gasteiger partial charge in [-0.05, 0) is 39.8 Å². The number of nitrogens with zero attached hydrogens (tertiary/aromatic N) is 7. The van der Waals surface area contributed by atoms with Crippen molar-refractivity contribution in [2.75, 3.05) is 10.6 Å². The molecule has 0 amide bonds. The van der Waals surface area contributed by atoms with E-state index in [0.717, 1.165) is 11.6 Å². The number of halogens is 4. The lowest BCUT2D eigenvalue weighted by Gasteiger charge is -2.03. The maximum Gasteiger partial charge on any atom is 0.339 e. The van der Waals surface area contributed by atoms with Crippen molar-refractivity contribution in [1.29, 1.82) is 0 Å². The van der Waals surface area contributed by atoms with Crippen molar-refractivity contribution < 1.29 is 4.57 Å². The molecule has 0 saturated heterocycles. The summed E-state index contributed by atoms with van der Waals surface area (Å²) in [6.45, 7) is 0. The van der Waals surface area contributed by atoms with E-state index in [4.69, 9.17) is 11.6 Å². The third kappa shape index (κ3) is 10.7. The van der Waals surface area contributed by atoms with Crippen molar-refractivity contribution in [2.24, 2.45) is 14.1 Å². The van der Waals surface area contributed by atoms with Crippen LogP contribution in [0.25, 0.3) is 0 Å². The number of hydrogen-bond donors (Lipinski definition) is 3. The second kappa shape index (κ2) is 12.6. The fourth-order valence-electron chi connectivity index (χ4n) is 2.06. The van der Waals surface area contributed by atoms with Crippen molar-refractivity contribution in [3.05, 3.63) is 64.6 Å². The Kier molecular flexibility index (Phi) is 10.1. The third-order valence-corrected chi connectivity index (χ3v) is 3.63. The molecule has 0 atom stereocenters. The number of aromatic amines is 1. The second-order valence-electron chi connectivity index (χ2n) is 5.81. The van der Waals surface area contributed by atoms with Gasteiger partial charge in [0.1, 0.15) is 16.8 Å². The van der Waals surface area contributed by atoms with Gasteiger partial charge in [0.15, 0.2) is 0 Å². The molecule has 0 unspecified atom stereocenters. The molecule has 0 aliphatic rings. The minimum Gasteiger partial charge on any atom is -0.311 e. The van der Waals surface area contributed by atoms with Gasteiger partial charge in [-0.25, -0.2) is 15.0 Å². The smallest absolute Gasteiger partial charge is 0.311 e. The van der Waals surface area contributed by atoms with Crippen molar-refractivity contribution in [3.8, 4) is 0 Å². The molecule has 3 N–H and O–H groups in total. The van der Waals surface area contributed by atoms with Gasteiger partial charge >= 0.3 is 5.20 Å². The van der Waals surface area contributed by atoms with Gasteiger partial charge in [0, 0.05) is 44.7 Å². The van der Waals surface area contributed by atoms with Crippen molar-refractivity contribution in [2.45, 2.75) is 0 Å². The molecule has 4 aromatic rings. The quantitative estimate of drug-likeness (QED) is 0.242. The molecule has 4 rings (SSSR count). The summed E-state index contributed by atoms with van der Waals surface area (Å²) < 4.78 is 12.8. The molecular weight excluding hydrogens is 537 g/mol. The van der Waals surface area contributed by atoms with Gasteiger partial charge in [-0.2, -0.15) is 10.2 Å². The van der Waals surface area contributed by atoms with E-state index in [9.17, 15) is 9.36 Å². The highest BCUT2D eigenvalue weighted by atomic mass is 36.0. The average Bonchev–Trinajstić information content (AvgIpc) is 3.29. The molecule has 0 bridgehead atoms. The first-order chi connectivity index (χ1) is 15.5. The molecule has 4 aromatic heterocycles. The molecule has 0 saturated carbocycles. The zero-order valence-corrected chi connectivity index (χ0v) is 20.9. The van der Waals surface area contributed by atoms with E-state index in [1.807, 2.05) is 13.1 Å². The summed E-state index contributed by atoms with van der Waals surface area (Å²) in [5.74, 6) is 2.44. The maximum atomic E-state index is 10.9. The van der Waals surface area contributed by atoms with Crippen LogP contribution in [0, 0.1) is 0 Å². The molecule has 12 nitrogen and oxygen atoms in total. The van der Waals surface area contributed by atoms with E-state index in [1.54, 1.807) is 47.1 Å². The largest absolute Gasteiger partial charge is 0.339 e. The van der Waals surface area contributed by atoms with E-state index in [1.165, 1.54) is 12.3 Å². The Morgan fingerprint density at radius 3 is 1.91 bits per heavy atom. The monoisotopic (exact) mass is 552 g/mol. The Labute approximate surface area is 207 Å². The summed E-state index contributed by atoms with van der Waals surface area (Å²) in [7, 11) is 3.62. The molecule has 33 heavy (non-hydrogen) atoms. The van der Waals surface area contributed by atoms with Gasteiger partial charge in [0.05, 0.1) is 12.4 Å². The normalized spacial score (nSPS) is 10.4. The summed E-state index contributed by atoms with van der Waals surface area (Å²) in [6, 6.07) is 6.58. The number of anilines is 4. The number of rotatable bonds is 4. The first-order valence-corrected chi connectivity index (χ1v) is 13.5. The van der Waals surface area contributed by atoms with Gasteiger partial charge in [0.25, 0.3) is 5.56 Å². The van der Waals surface area contributed by atoms with Gasteiger partial charge < -0.3 is 10.6 Å². The molecule has 0 aliphatic heterocycles. The Morgan fingerprint density at radius 1 is 0.879 bits per heavy atom. The zero-order valence-electron chi connectivity index (χ0n) is 17.0. The lowest BCUT2D eigenvalue weighted by molar-refractivity contribution is 0.600. The molecule has 176 valence electrons. The summed E-state index contributed by atoms with van der Waals surface area (Å²) >= 11 is 19.6. The van der Waals surface area contributed by atoms with E-state index in [0.29, 0.717) is 17.0 Å². The van der Waals surface area contributed by atoms with Crippen molar-refractivity contribution >= 4 is 74.1 Å². The van der Waals surface area contributed by atoms with Gasteiger partial charge in [-0.1, -0.05) is 11.6 Å². The molecule has 0 aromatic carbocycles. The Hall–Kier alpha value is -2.63. The van der Waals surface area contributed by atoms with Crippen LogP contribution >= 0.6 is 50.5 Å². The highest BCUT2D eigenvalue weighted by Crippen LogP contribution is 2.61. The predicted octanol–water partition coefficient (Wildman–Crippen LogP) is 4.67. The zero-order chi connectivity index (χ0) is 24.4. The Morgan fingerprint density at radius 2 is 1.42 bits per heavy atom. The third-order valence-electron chi connectivity index (χ3n) is 3.42. The lowest BCUT2D eigenvalue weighted by Crippen LogP contribution is -2.09. The standard InChI is InChI=1S/C8H8ClN5.C8H9N5O.Cl3OP/c1-14-7(3-5-11-14)13-8-10-4-2-6(9)12-8;1-13-6(2-5-10-13)11-8-9-4-3-7(14)12-8;1-5(2,3)4/h2-5H,1H3,(H,10,12,13);2-5H,1H3,(H2,9,11,12,14);. The first-order valence-electron chi connectivity index (χ1n) is 8.74. The Balaban J connectivity index is 0.000000195. The minimum absolute atomic E-state index is 0.190. The average molecular weight is 554 g/mol. The van der Waals surface area contributed by atoms with Crippen LogP contribution in [0.3, 0.4) is 0 Å². The minimum atomic E-state index is -3.22. The van der Waals surface area contributed by atoms with Crippen LogP contribution in [-0.2, 0) is 18.7 Å². The molecular formula is C16H17Cl4N10O2P. The molecule has 0 fully saturated rings. The van der Waals surface area contributed by atoms with Crippen molar-refractivity contribution in [3.63, 3.8) is 0 Å². The van der Waals surface area contributed by atoms with E-state index in [-0.39, 0.29) is 5.56 Å². The summed E-state index contributed by atoms with van der Waals surface area (Å²) in [5, 5.41) is 11.1. The number of aryl methyl sites for hydroxylation is 2. The summed E-state index contributed by atoms with van der Waals surface area (Å²) in [5.41, 5.74) is -0.190. The highest BCUT2D eigenvalue weighted by molar-refractivity contribution is 8.24. The maximum absolute atomic E-state index is 10.9. The van der Waals surface area contributed by atoms with Crippen molar-refractivity contribution in [1.82, 2.24) is 39.5 Å². The molecule has 17 heteroatoms. The van der Waals surface area contributed by atoms with E-state index < -0.39 is 5.20 Å². The fraction of sp³-hybridized carbons (Fsp3) is 0.125. The summed E-state index contributed by atoms with van der Waals surface area (Å²) in [4.78, 5) is 25.4. The van der Waals surface area contributed by atoms with E-state index >= 15 is 0 Å². The van der Waals surface area contributed by atoms with Crippen LogP contribution in [0.1, 0.15) is 0 Å².